The lowest BCUT2D eigenvalue weighted by atomic mass is 10.1. The predicted molar refractivity (Wildman–Crippen MR) is 76.6 cm³/mol. The topological polar surface area (TPSA) is 54.9 Å². The first-order chi connectivity index (χ1) is 9.15. The zero-order valence-corrected chi connectivity index (χ0v) is 12.0. The van der Waals surface area contributed by atoms with Crippen LogP contribution >= 0.6 is 22.9 Å². The van der Waals surface area contributed by atoms with Crippen LogP contribution in [0.2, 0.25) is 4.47 Å². The summed E-state index contributed by atoms with van der Waals surface area (Å²) in [5, 5.41) is 10.5. The van der Waals surface area contributed by atoms with Gasteiger partial charge in [0.1, 0.15) is 0 Å². The van der Waals surface area contributed by atoms with Gasteiger partial charge in [0.05, 0.1) is 0 Å². The van der Waals surface area contributed by atoms with E-state index in [2.05, 4.69) is 27.6 Å². The van der Waals surface area contributed by atoms with Gasteiger partial charge in [-0.15, -0.1) is 10.2 Å². The summed E-state index contributed by atoms with van der Waals surface area (Å²) >= 11 is 6.73. The Morgan fingerprint density at radius 3 is 2.74 bits per heavy atom. The molecule has 6 heteroatoms. The van der Waals surface area contributed by atoms with Crippen LogP contribution in [0.25, 0.3) is 0 Å². The molecule has 0 radical (unpaired) electrons. The minimum Gasteiger partial charge on any atom is -0.347 e. The molecule has 100 valence electrons. The van der Waals surface area contributed by atoms with Crippen molar-refractivity contribution in [1.29, 1.82) is 0 Å². The third-order valence-electron chi connectivity index (χ3n) is 2.68. The molecule has 1 heterocycles. The lowest BCUT2D eigenvalue weighted by Crippen LogP contribution is -2.32. The molecule has 2 rings (SSSR count). The van der Waals surface area contributed by atoms with Crippen molar-refractivity contribution in [1.82, 2.24) is 15.5 Å². The molecule has 1 N–H and O–H groups in total. The van der Waals surface area contributed by atoms with Crippen molar-refractivity contribution < 1.29 is 4.79 Å². The lowest BCUT2D eigenvalue weighted by molar-refractivity contribution is 0.0937. The van der Waals surface area contributed by atoms with Gasteiger partial charge in [0, 0.05) is 6.04 Å². The number of benzene rings is 1. The van der Waals surface area contributed by atoms with Gasteiger partial charge >= 0.3 is 0 Å². The van der Waals surface area contributed by atoms with Gasteiger partial charge in [-0.05, 0) is 36.9 Å². The Hall–Kier alpha value is -1.46. The van der Waals surface area contributed by atoms with E-state index in [1.807, 2.05) is 25.1 Å². The fourth-order valence-electron chi connectivity index (χ4n) is 1.68. The predicted octanol–water partition coefficient (Wildman–Crippen LogP) is 2.94. The summed E-state index contributed by atoms with van der Waals surface area (Å²) in [5.41, 5.74) is 1.27. The molecule has 0 saturated heterocycles. The van der Waals surface area contributed by atoms with Crippen molar-refractivity contribution in [3.8, 4) is 0 Å². The van der Waals surface area contributed by atoms with Crippen molar-refractivity contribution in [2.45, 2.75) is 25.8 Å². The number of hydrogen-bond donors (Lipinski definition) is 1. The monoisotopic (exact) mass is 295 g/mol. The first-order valence-corrected chi connectivity index (χ1v) is 7.18. The van der Waals surface area contributed by atoms with E-state index in [1.54, 1.807) is 0 Å². The molecule has 0 bridgehead atoms. The zero-order valence-electron chi connectivity index (χ0n) is 10.5. The van der Waals surface area contributed by atoms with Crippen molar-refractivity contribution in [2.24, 2.45) is 0 Å². The molecule has 0 saturated carbocycles. The molecular formula is C13H14ClN3OS. The van der Waals surface area contributed by atoms with Gasteiger partial charge in [-0.2, -0.15) is 0 Å². The van der Waals surface area contributed by atoms with Gasteiger partial charge < -0.3 is 5.32 Å². The Kier molecular flexibility index (Phi) is 4.87. The van der Waals surface area contributed by atoms with Crippen LogP contribution in [0.4, 0.5) is 0 Å². The second kappa shape index (κ2) is 6.63. The SMILES string of the molecule is CC(CCc1ccccc1)NC(=O)c1nnc(Cl)s1. The van der Waals surface area contributed by atoms with Crippen LogP contribution in [0.3, 0.4) is 0 Å². The summed E-state index contributed by atoms with van der Waals surface area (Å²) in [7, 11) is 0. The Bertz CT molecular complexity index is 544. The van der Waals surface area contributed by atoms with Crippen LogP contribution in [0.1, 0.15) is 28.7 Å². The highest BCUT2D eigenvalue weighted by atomic mass is 35.5. The third-order valence-corrected chi connectivity index (χ3v) is 3.70. The van der Waals surface area contributed by atoms with E-state index in [4.69, 9.17) is 11.6 Å². The number of carbonyl (C=O) groups excluding carboxylic acids is 1. The summed E-state index contributed by atoms with van der Waals surface area (Å²) < 4.78 is 0.280. The molecule has 1 aromatic carbocycles. The number of carbonyl (C=O) groups is 1. The molecule has 0 fully saturated rings. The number of aryl methyl sites for hydroxylation is 1. The standard InChI is InChI=1S/C13H14ClN3OS/c1-9(7-8-10-5-3-2-4-6-10)15-11(18)12-16-17-13(14)19-12/h2-6,9H,7-8H2,1H3,(H,15,18). The molecule has 1 aromatic heterocycles. The molecule has 0 aliphatic heterocycles. The third kappa shape index (κ3) is 4.29. The Labute approximate surface area is 120 Å². The molecule has 1 atom stereocenters. The normalized spacial score (nSPS) is 12.1. The van der Waals surface area contributed by atoms with Crippen LogP contribution in [0, 0.1) is 0 Å². The second-order valence-corrected chi connectivity index (χ2v) is 5.82. The Morgan fingerprint density at radius 2 is 2.11 bits per heavy atom. The highest BCUT2D eigenvalue weighted by Crippen LogP contribution is 2.15. The fraction of sp³-hybridized carbons (Fsp3) is 0.308. The quantitative estimate of drug-likeness (QED) is 0.923. The van der Waals surface area contributed by atoms with E-state index in [0.717, 1.165) is 24.2 Å². The summed E-state index contributed by atoms with van der Waals surface area (Å²) in [6, 6.07) is 10.3. The Balaban J connectivity index is 1.81. The van der Waals surface area contributed by atoms with Crippen molar-refractivity contribution >= 4 is 28.8 Å². The summed E-state index contributed by atoms with van der Waals surface area (Å²) in [5.74, 6) is -0.218. The summed E-state index contributed by atoms with van der Waals surface area (Å²) in [6.07, 6.45) is 1.81. The maximum atomic E-state index is 11.8. The minimum absolute atomic E-state index is 0.0791. The van der Waals surface area contributed by atoms with E-state index in [-0.39, 0.29) is 16.4 Å². The van der Waals surface area contributed by atoms with E-state index in [1.165, 1.54) is 5.56 Å². The van der Waals surface area contributed by atoms with Crippen LogP contribution < -0.4 is 5.32 Å². The molecule has 1 amide bonds. The highest BCUT2D eigenvalue weighted by Gasteiger charge is 2.14. The van der Waals surface area contributed by atoms with Crippen molar-refractivity contribution in [2.75, 3.05) is 0 Å². The largest absolute Gasteiger partial charge is 0.347 e. The number of aromatic nitrogens is 2. The van der Waals surface area contributed by atoms with Gasteiger partial charge in [0.25, 0.3) is 5.91 Å². The van der Waals surface area contributed by atoms with Gasteiger partial charge in [-0.1, -0.05) is 41.7 Å². The second-order valence-electron chi connectivity index (χ2n) is 4.26. The van der Waals surface area contributed by atoms with Crippen LogP contribution in [-0.4, -0.2) is 22.1 Å². The number of amides is 1. The van der Waals surface area contributed by atoms with Crippen molar-refractivity contribution in [3.05, 3.63) is 45.4 Å². The van der Waals surface area contributed by atoms with Gasteiger partial charge in [-0.3, -0.25) is 4.79 Å². The van der Waals surface area contributed by atoms with Crippen LogP contribution in [-0.2, 0) is 6.42 Å². The summed E-state index contributed by atoms with van der Waals surface area (Å²) in [6.45, 7) is 1.98. The Morgan fingerprint density at radius 1 is 1.37 bits per heavy atom. The number of nitrogens with one attached hydrogen (secondary N) is 1. The first-order valence-electron chi connectivity index (χ1n) is 5.99. The number of halogens is 1. The van der Waals surface area contributed by atoms with Gasteiger partial charge in [-0.25, -0.2) is 0 Å². The van der Waals surface area contributed by atoms with Crippen LogP contribution in [0.15, 0.2) is 30.3 Å². The molecule has 2 aromatic rings. The maximum absolute atomic E-state index is 11.8. The smallest absolute Gasteiger partial charge is 0.282 e. The van der Waals surface area contributed by atoms with Crippen molar-refractivity contribution in [3.63, 3.8) is 0 Å². The molecule has 0 aliphatic rings. The molecule has 0 aliphatic carbocycles. The maximum Gasteiger partial charge on any atom is 0.282 e. The number of hydrogen-bond acceptors (Lipinski definition) is 4. The highest BCUT2D eigenvalue weighted by molar-refractivity contribution is 7.17. The average molecular weight is 296 g/mol. The molecule has 1 unspecified atom stereocenters. The fourth-order valence-corrected chi connectivity index (χ4v) is 2.41. The van der Waals surface area contributed by atoms with E-state index < -0.39 is 0 Å². The summed E-state index contributed by atoms with van der Waals surface area (Å²) in [4.78, 5) is 11.8. The van der Waals surface area contributed by atoms with E-state index in [0.29, 0.717) is 5.01 Å². The number of nitrogens with zero attached hydrogens (tertiary/aromatic N) is 2. The van der Waals surface area contributed by atoms with E-state index in [9.17, 15) is 4.79 Å². The molecule has 19 heavy (non-hydrogen) atoms. The zero-order chi connectivity index (χ0) is 13.7. The average Bonchev–Trinajstić information content (AvgIpc) is 2.84. The lowest BCUT2D eigenvalue weighted by Gasteiger charge is -2.12. The molecule has 4 nitrogen and oxygen atoms in total. The molecule has 0 spiro atoms. The van der Waals surface area contributed by atoms with E-state index >= 15 is 0 Å². The first kappa shape index (κ1) is 14.0. The minimum atomic E-state index is -0.218. The molecular weight excluding hydrogens is 282 g/mol. The number of rotatable bonds is 5. The van der Waals surface area contributed by atoms with Gasteiger partial charge in [0.2, 0.25) is 9.47 Å². The van der Waals surface area contributed by atoms with Crippen LogP contribution in [0.5, 0.6) is 0 Å². The van der Waals surface area contributed by atoms with Gasteiger partial charge in [0.15, 0.2) is 0 Å².